The highest BCUT2D eigenvalue weighted by Gasteiger charge is 2.32. The minimum Gasteiger partial charge on any atom is -0.457 e. The highest BCUT2D eigenvalue weighted by atomic mass is 32.2. The van der Waals surface area contributed by atoms with E-state index in [9.17, 15) is 17.6 Å². The van der Waals surface area contributed by atoms with Crippen LogP contribution in [0.5, 0.6) is 0 Å². The van der Waals surface area contributed by atoms with Crippen LogP contribution in [0.3, 0.4) is 0 Å². The highest BCUT2D eigenvalue weighted by molar-refractivity contribution is 8.26. The van der Waals surface area contributed by atoms with Gasteiger partial charge in [-0.15, -0.1) is 0 Å². The van der Waals surface area contributed by atoms with Crippen molar-refractivity contribution in [1.82, 2.24) is 4.90 Å². The lowest BCUT2D eigenvalue weighted by molar-refractivity contribution is -0.122. The summed E-state index contributed by atoms with van der Waals surface area (Å²) in [5.74, 6) is 0.360. The second kappa shape index (κ2) is 8.39. The van der Waals surface area contributed by atoms with Crippen molar-refractivity contribution < 1.29 is 22.0 Å². The fraction of sp³-hybridized carbons (Fsp3) is 0.0476. The Labute approximate surface area is 187 Å². The molecule has 4 rings (SSSR count). The molecule has 158 valence electrons. The first-order chi connectivity index (χ1) is 14.7. The Balaban J connectivity index is 1.52. The number of sulfonamides is 1. The molecule has 1 aliphatic heterocycles. The number of amides is 1. The third-order valence-electron chi connectivity index (χ3n) is 4.50. The van der Waals surface area contributed by atoms with Crippen LogP contribution in [-0.4, -0.2) is 23.5 Å². The molecule has 31 heavy (non-hydrogen) atoms. The summed E-state index contributed by atoms with van der Waals surface area (Å²) < 4.78 is 42.0. The molecular weight excluding hydrogens is 459 g/mol. The van der Waals surface area contributed by atoms with Crippen LogP contribution < -0.4 is 5.14 Å². The molecule has 2 N–H and O–H groups in total. The smallest absolute Gasteiger partial charge is 0.266 e. The summed E-state index contributed by atoms with van der Waals surface area (Å²) in [5, 5.41) is 5.11. The van der Waals surface area contributed by atoms with Gasteiger partial charge in [0, 0.05) is 11.6 Å². The number of nitrogens with zero attached hydrogens (tertiary/aromatic N) is 1. The number of carbonyl (C=O) groups is 1. The van der Waals surface area contributed by atoms with Gasteiger partial charge in [-0.05, 0) is 54.1 Å². The maximum Gasteiger partial charge on any atom is 0.266 e. The molecule has 1 aromatic heterocycles. The lowest BCUT2D eigenvalue weighted by atomic mass is 10.2. The number of primary sulfonamides is 1. The van der Waals surface area contributed by atoms with E-state index in [-0.39, 0.29) is 23.2 Å². The summed E-state index contributed by atoms with van der Waals surface area (Å²) in [5.41, 5.74) is 1.43. The summed E-state index contributed by atoms with van der Waals surface area (Å²) >= 11 is 6.49. The second-order valence-electron chi connectivity index (χ2n) is 6.67. The molecule has 1 amide bonds. The van der Waals surface area contributed by atoms with Gasteiger partial charge in [-0.3, -0.25) is 9.69 Å². The molecule has 0 spiro atoms. The monoisotopic (exact) mass is 474 g/mol. The number of furan rings is 1. The van der Waals surface area contributed by atoms with Crippen LogP contribution in [0.25, 0.3) is 17.4 Å². The quantitative estimate of drug-likeness (QED) is 0.441. The van der Waals surface area contributed by atoms with E-state index in [1.807, 2.05) is 0 Å². The van der Waals surface area contributed by atoms with Gasteiger partial charge in [0.1, 0.15) is 21.7 Å². The molecule has 6 nitrogen and oxygen atoms in total. The van der Waals surface area contributed by atoms with Crippen LogP contribution in [0.2, 0.25) is 0 Å². The molecule has 1 saturated heterocycles. The van der Waals surface area contributed by atoms with E-state index in [0.717, 1.165) is 17.3 Å². The number of hydrogen-bond acceptors (Lipinski definition) is 6. The van der Waals surface area contributed by atoms with Gasteiger partial charge in [-0.1, -0.05) is 36.1 Å². The van der Waals surface area contributed by atoms with Crippen molar-refractivity contribution >= 4 is 50.3 Å². The number of halogens is 1. The van der Waals surface area contributed by atoms with Crippen molar-refractivity contribution in [3.05, 3.63) is 82.7 Å². The zero-order valence-electron chi connectivity index (χ0n) is 15.8. The third-order valence-corrected chi connectivity index (χ3v) is 6.80. The Hall–Kier alpha value is -2.79. The predicted octanol–water partition coefficient (Wildman–Crippen LogP) is 4.13. The highest BCUT2D eigenvalue weighted by Crippen LogP contribution is 2.34. The fourth-order valence-electron chi connectivity index (χ4n) is 2.93. The van der Waals surface area contributed by atoms with E-state index in [1.54, 1.807) is 42.5 Å². The normalized spacial score (nSPS) is 15.8. The van der Waals surface area contributed by atoms with E-state index in [0.29, 0.717) is 26.3 Å². The van der Waals surface area contributed by atoms with Gasteiger partial charge in [0.2, 0.25) is 10.0 Å². The van der Waals surface area contributed by atoms with Gasteiger partial charge in [0.15, 0.2) is 0 Å². The first-order valence-electron chi connectivity index (χ1n) is 8.93. The van der Waals surface area contributed by atoms with Crippen LogP contribution in [0.4, 0.5) is 4.39 Å². The van der Waals surface area contributed by atoms with Gasteiger partial charge < -0.3 is 4.42 Å². The van der Waals surface area contributed by atoms with Crippen molar-refractivity contribution in [3.63, 3.8) is 0 Å². The molecule has 3 aromatic rings. The van der Waals surface area contributed by atoms with Gasteiger partial charge in [0.05, 0.1) is 16.3 Å². The summed E-state index contributed by atoms with van der Waals surface area (Å²) in [6.07, 6.45) is 1.60. The van der Waals surface area contributed by atoms with Crippen LogP contribution in [0.15, 0.2) is 74.9 Å². The molecular formula is C21H15FN2O4S3. The Morgan fingerprint density at radius 3 is 2.39 bits per heavy atom. The molecule has 0 aliphatic carbocycles. The number of carbonyl (C=O) groups excluding carboxylic acids is 1. The van der Waals surface area contributed by atoms with Crippen LogP contribution in [0.1, 0.15) is 11.3 Å². The van der Waals surface area contributed by atoms with Gasteiger partial charge in [-0.2, -0.15) is 0 Å². The van der Waals surface area contributed by atoms with Crippen molar-refractivity contribution in [2.75, 3.05) is 0 Å². The van der Waals surface area contributed by atoms with Crippen LogP contribution in [0, 0.1) is 5.82 Å². The zero-order valence-corrected chi connectivity index (χ0v) is 18.3. The standard InChI is InChI=1S/C21H15FN2O4S3/c22-15-5-1-13(2-6-15)12-24-20(25)19(30-21(24)29)11-16-7-10-18(28-16)14-3-8-17(9-4-14)31(23,26)27/h1-11H,12H2,(H2,23,26,27)/b19-11+. The van der Waals surface area contributed by atoms with Gasteiger partial charge in [0.25, 0.3) is 5.91 Å². The van der Waals surface area contributed by atoms with Crippen molar-refractivity contribution in [3.8, 4) is 11.3 Å². The molecule has 0 saturated carbocycles. The first kappa shape index (κ1) is 21.4. The molecule has 0 atom stereocenters. The first-order valence-corrected chi connectivity index (χ1v) is 11.7. The van der Waals surface area contributed by atoms with Gasteiger partial charge in [-0.25, -0.2) is 17.9 Å². The molecule has 1 aliphatic rings. The SMILES string of the molecule is NS(=O)(=O)c1ccc(-c2ccc(/C=C3/SC(=S)N(Cc4ccc(F)cc4)C3=O)o2)cc1. The predicted molar refractivity (Wildman–Crippen MR) is 121 cm³/mol. The second-order valence-corrected chi connectivity index (χ2v) is 9.90. The summed E-state index contributed by atoms with van der Waals surface area (Å²) in [7, 11) is -3.77. The molecule has 0 unspecified atom stereocenters. The maximum atomic E-state index is 13.1. The summed E-state index contributed by atoms with van der Waals surface area (Å²) in [6.45, 7) is 0.252. The molecule has 2 aromatic carbocycles. The van der Waals surface area contributed by atoms with E-state index < -0.39 is 10.0 Å². The molecule has 1 fully saturated rings. The number of nitrogens with two attached hydrogens (primary N) is 1. The summed E-state index contributed by atoms with van der Waals surface area (Å²) in [6, 6.07) is 15.3. The van der Waals surface area contributed by atoms with E-state index in [1.165, 1.54) is 29.2 Å². The fourth-order valence-corrected chi connectivity index (χ4v) is 4.68. The van der Waals surface area contributed by atoms with Crippen LogP contribution in [-0.2, 0) is 21.4 Å². The lowest BCUT2D eigenvalue weighted by Crippen LogP contribution is -2.27. The molecule has 2 heterocycles. The van der Waals surface area contributed by atoms with Crippen molar-refractivity contribution in [1.29, 1.82) is 0 Å². The number of thiocarbonyl (C=S) groups is 1. The average molecular weight is 475 g/mol. The topological polar surface area (TPSA) is 93.6 Å². The Morgan fingerprint density at radius 2 is 1.74 bits per heavy atom. The van der Waals surface area contributed by atoms with Crippen LogP contribution >= 0.6 is 24.0 Å². The largest absolute Gasteiger partial charge is 0.457 e. The number of benzene rings is 2. The van der Waals surface area contributed by atoms with E-state index in [2.05, 4.69) is 0 Å². The Kier molecular flexibility index (Phi) is 5.80. The summed E-state index contributed by atoms with van der Waals surface area (Å²) in [4.78, 5) is 14.6. The number of hydrogen-bond donors (Lipinski definition) is 1. The van der Waals surface area contributed by atoms with Crippen molar-refractivity contribution in [2.45, 2.75) is 11.4 Å². The lowest BCUT2D eigenvalue weighted by Gasteiger charge is -2.14. The van der Waals surface area contributed by atoms with E-state index in [4.69, 9.17) is 21.8 Å². The number of rotatable bonds is 5. The minimum atomic E-state index is -3.77. The zero-order chi connectivity index (χ0) is 22.2. The average Bonchev–Trinajstić information content (AvgIpc) is 3.29. The molecule has 0 bridgehead atoms. The van der Waals surface area contributed by atoms with Gasteiger partial charge >= 0.3 is 0 Å². The van der Waals surface area contributed by atoms with E-state index >= 15 is 0 Å². The maximum absolute atomic E-state index is 13.1. The van der Waals surface area contributed by atoms with Crippen molar-refractivity contribution in [2.24, 2.45) is 5.14 Å². The molecule has 0 radical (unpaired) electrons. The number of thioether (sulfide) groups is 1. The Bertz CT molecular complexity index is 1300. The molecule has 10 heteroatoms. The Morgan fingerprint density at radius 1 is 1.06 bits per heavy atom. The third kappa shape index (κ3) is 4.77. The minimum absolute atomic E-state index is 0.00728.